The van der Waals surface area contributed by atoms with Crippen LogP contribution in [0.5, 0.6) is 0 Å². The summed E-state index contributed by atoms with van der Waals surface area (Å²) in [6, 6.07) is -0.845. The number of carbonyl (C=O) groups is 3. The van der Waals surface area contributed by atoms with Crippen LogP contribution in [0, 0.1) is 5.92 Å². The lowest BCUT2D eigenvalue weighted by atomic mass is 9.89. The second-order valence-electron chi connectivity index (χ2n) is 7.41. The third-order valence-electron chi connectivity index (χ3n) is 3.57. The Morgan fingerprint density at radius 3 is 1.92 bits per heavy atom. The smallest absolute Gasteiger partial charge is 0.408 e. The molecule has 0 aromatic carbocycles. The Kier molecular flexibility index (Phi) is 9.10. The van der Waals surface area contributed by atoms with Crippen LogP contribution in [0.2, 0.25) is 0 Å². The molecule has 0 saturated heterocycles. The average Bonchev–Trinajstić information content (AvgIpc) is 2.49. The maximum atomic E-state index is 13.0. The largest absolute Gasteiger partial charge is 0.467 e. The van der Waals surface area contributed by atoms with E-state index in [1.165, 1.54) is 19.3 Å². The second-order valence-corrected chi connectivity index (χ2v) is 7.41. The molecule has 0 fully saturated rings. The minimum atomic E-state index is -1.37. The van der Waals surface area contributed by atoms with E-state index in [4.69, 9.17) is 9.47 Å². The number of alkyl carbamates (subject to hydrolysis) is 1. The van der Waals surface area contributed by atoms with Crippen LogP contribution in [-0.2, 0) is 19.1 Å². The SMILES string of the molecule is C=CCC(CC=C)(NC(=O)OC(C)(C)C)C(=O)N[C@H](C(=O)OC)C(C)C. The van der Waals surface area contributed by atoms with Crippen LogP contribution < -0.4 is 10.6 Å². The van der Waals surface area contributed by atoms with Crippen LogP contribution in [0.4, 0.5) is 4.79 Å². The summed E-state index contributed by atoms with van der Waals surface area (Å²) >= 11 is 0. The molecular formula is C19H32N2O5. The molecule has 2 N–H and O–H groups in total. The minimum absolute atomic E-state index is 0.135. The second kappa shape index (κ2) is 9.99. The highest BCUT2D eigenvalue weighted by Gasteiger charge is 2.41. The highest BCUT2D eigenvalue weighted by Crippen LogP contribution is 2.20. The zero-order chi connectivity index (χ0) is 20.5. The predicted octanol–water partition coefficient (Wildman–Crippen LogP) is 2.72. The molecule has 0 aliphatic carbocycles. The highest BCUT2D eigenvalue weighted by atomic mass is 16.6. The van der Waals surface area contributed by atoms with Gasteiger partial charge in [-0.05, 0) is 39.5 Å². The number of amides is 2. The lowest BCUT2D eigenvalue weighted by molar-refractivity contribution is -0.147. The van der Waals surface area contributed by atoms with E-state index in [0.717, 1.165) is 0 Å². The molecule has 0 aromatic rings. The number of methoxy groups -OCH3 is 1. The molecule has 0 aromatic heterocycles. The number of ether oxygens (including phenoxy) is 2. The van der Waals surface area contributed by atoms with Crippen molar-refractivity contribution in [3.05, 3.63) is 25.3 Å². The molecule has 0 heterocycles. The minimum Gasteiger partial charge on any atom is -0.467 e. The van der Waals surface area contributed by atoms with Crippen LogP contribution in [-0.4, -0.2) is 42.3 Å². The molecule has 0 unspecified atom stereocenters. The van der Waals surface area contributed by atoms with E-state index in [0.29, 0.717) is 0 Å². The van der Waals surface area contributed by atoms with Gasteiger partial charge < -0.3 is 20.1 Å². The van der Waals surface area contributed by atoms with Gasteiger partial charge in [-0.25, -0.2) is 9.59 Å². The van der Waals surface area contributed by atoms with Gasteiger partial charge in [-0.15, -0.1) is 13.2 Å². The molecule has 7 heteroatoms. The van der Waals surface area contributed by atoms with E-state index in [2.05, 4.69) is 23.8 Å². The third-order valence-corrected chi connectivity index (χ3v) is 3.57. The normalized spacial score (nSPS) is 12.7. The van der Waals surface area contributed by atoms with E-state index < -0.39 is 35.2 Å². The Bertz CT molecular complexity index is 525. The van der Waals surface area contributed by atoms with Crippen LogP contribution in [0.1, 0.15) is 47.5 Å². The van der Waals surface area contributed by atoms with Gasteiger partial charge in [-0.2, -0.15) is 0 Å². The molecule has 148 valence electrons. The number of hydrogen-bond acceptors (Lipinski definition) is 5. The topological polar surface area (TPSA) is 93.7 Å². The summed E-state index contributed by atoms with van der Waals surface area (Å²) in [7, 11) is 1.25. The lowest BCUT2D eigenvalue weighted by Crippen LogP contribution is -2.62. The molecule has 7 nitrogen and oxygen atoms in total. The fourth-order valence-electron chi connectivity index (χ4n) is 2.32. The van der Waals surface area contributed by atoms with Crippen LogP contribution in [0.15, 0.2) is 25.3 Å². The quantitative estimate of drug-likeness (QED) is 0.482. The summed E-state index contributed by atoms with van der Waals surface area (Å²) in [5, 5.41) is 5.29. The van der Waals surface area contributed by atoms with Crippen LogP contribution in [0.25, 0.3) is 0 Å². The van der Waals surface area contributed by atoms with Gasteiger partial charge in [0.25, 0.3) is 0 Å². The molecule has 0 rings (SSSR count). The van der Waals surface area contributed by atoms with Gasteiger partial charge in [0.1, 0.15) is 17.2 Å². The van der Waals surface area contributed by atoms with Gasteiger partial charge in [0.2, 0.25) is 5.91 Å². The molecule has 2 amide bonds. The number of nitrogens with one attached hydrogen (secondary N) is 2. The van der Waals surface area contributed by atoms with Crippen molar-refractivity contribution >= 4 is 18.0 Å². The summed E-state index contributed by atoms with van der Waals surface area (Å²) in [4.78, 5) is 37.2. The summed E-state index contributed by atoms with van der Waals surface area (Å²) in [5.74, 6) is -1.29. The van der Waals surface area contributed by atoms with Gasteiger partial charge in [-0.3, -0.25) is 4.79 Å². The number of esters is 1. The Balaban J connectivity index is 5.65. The molecule has 0 saturated carbocycles. The van der Waals surface area contributed by atoms with Crippen molar-refractivity contribution in [3.63, 3.8) is 0 Å². The van der Waals surface area contributed by atoms with Crippen LogP contribution >= 0.6 is 0 Å². The fraction of sp³-hybridized carbons (Fsp3) is 0.632. The van der Waals surface area contributed by atoms with Gasteiger partial charge in [-0.1, -0.05) is 26.0 Å². The Labute approximate surface area is 156 Å². The van der Waals surface area contributed by atoms with Crippen molar-refractivity contribution in [3.8, 4) is 0 Å². The first-order valence-electron chi connectivity index (χ1n) is 8.54. The summed E-state index contributed by atoms with van der Waals surface area (Å²) < 4.78 is 10.0. The van der Waals surface area contributed by atoms with Crippen molar-refractivity contribution in [2.45, 2.75) is 64.6 Å². The van der Waals surface area contributed by atoms with Gasteiger partial charge in [0.05, 0.1) is 7.11 Å². The van der Waals surface area contributed by atoms with Gasteiger partial charge in [0.15, 0.2) is 0 Å². The maximum absolute atomic E-state index is 13.0. The molecule has 1 atom stereocenters. The highest BCUT2D eigenvalue weighted by molar-refractivity contribution is 5.93. The van der Waals surface area contributed by atoms with Crippen molar-refractivity contribution in [2.24, 2.45) is 5.92 Å². The number of rotatable bonds is 9. The van der Waals surface area contributed by atoms with Crippen molar-refractivity contribution in [1.82, 2.24) is 10.6 Å². The van der Waals surface area contributed by atoms with Crippen molar-refractivity contribution < 1.29 is 23.9 Å². The lowest BCUT2D eigenvalue weighted by Gasteiger charge is -2.34. The first-order chi connectivity index (χ1) is 11.9. The Morgan fingerprint density at radius 2 is 1.58 bits per heavy atom. The molecule has 0 radical (unpaired) electrons. The monoisotopic (exact) mass is 368 g/mol. The summed E-state index contributed by atoms with van der Waals surface area (Å²) in [6.45, 7) is 16.1. The average molecular weight is 368 g/mol. The summed E-state index contributed by atoms with van der Waals surface area (Å²) in [6.07, 6.45) is 2.56. The molecule has 26 heavy (non-hydrogen) atoms. The van der Waals surface area contributed by atoms with Crippen LogP contribution in [0.3, 0.4) is 0 Å². The third kappa shape index (κ3) is 7.29. The van der Waals surface area contributed by atoms with E-state index in [-0.39, 0.29) is 18.8 Å². The van der Waals surface area contributed by atoms with Crippen molar-refractivity contribution in [2.75, 3.05) is 7.11 Å². The Hall–Kier alpha value is -2.31. The number of hydrogen-bond donors (Lipinski definition) is 2. The first-order valence-corrected chi connectivity index (χ1v) is 8.54. The van der Waals surface area contributed by atoms with Crippen molar-refractivity contribution in [1.29, 1.82) is 0 Å². The maximum Gasteiger partial charge on any atom is 0.408 e. The van der Waals surface area contributed by atoms with E-state index in [1.807, 2.05) is 0 Å². The zero-order valence-electron chi connectivity index (χ0n) is 16.7. The first kappa shape index (κ1) is 23.7. The van der Waals surface area contributed by atoms with Gasteiger partial charge >= 0.3 is 12.1 Å². The predicted molar refractivity (Wildman–Crippen MR) is 101 cm³/mol. The Morgan fingerprint density at radius 1 is 1.08 bits per heavy atom. The molecule has 0 bridgehead atoms. The zero-order valence-corrected chi connectivity index (χ0v) is 16.7. The standard InChI is InChI=1S/C19H32N2O5/c1-9-11-19(12-10-2,21-17(24)26-18(5,6)7)16(23)20-14(13(3)4)15(22)25-8/h9-10,13-14H,1-2,11-12H2,3-8H3,(H,20,23)(H,21,24)/t14-/m0/s1. The molecular weight excluding hydrogens is 336 g/mol. The number of carbonyl (C=O) groups excluding carboxylic acids is 3. The van der Waals surface area contributed by atoms with E-state index in [1.54, 1.807) is 34.6 Å². The summed E-state index contributed by atoms with van der Waals surface area (Å²) in [5.41, 5.74) is -2.09. The molecule has 0 spiro atoms. The van der Waals surface area contributed by atoms with Gasteiger partial charge in [0, 0.05) is 0 Å². The molecule has 0 aliphatic rings. The molecule has 0 aliphatic heterocycles. The van der Waals surface area contributed by atoms with E-state index >= 15 is 0 Å². The fourth-order valence-corrected chi connectivity index (χ4v) is 2.32. The van der Waals surface area contributed by atoms with E-state index in [9.17, 15) is 14.4 Å².